The van der Waals surface area contributed by atoms with E-state index in [2.05, 4.69) is 23.9 Å². The average molecular weight is 404 g/mol. The highest BCUT2D eigenvalue weighted by Crippen LogP contribution is 2.28. The second kappa shape index (κ2) is 7.73. The number of rotatable bonds is 3. The molecule has 5 heteroatoms. The van der Waals surface area contributed by atoms with Crippen LogP contribution in [-0.4, -0.2) is 53.4 Å². The molecule has 1 amide bonds. The number of piperidine rings is 1. The second-order valence-electron chi connectivity index (χ2n) is 8.83. The Kier molecular flexibility index (Phi) is 5.24. The zero-order valence-electron chi connectivity index (χ0n) is 18.2. The zero-order valence-corrected chi connectivity index (χ0v) is 18.2. The van der Waals surface area contributed by atoms with Gasteiger partial charge in [0.25, 0.3) is 11.5 Å². The van der Waals surface area contributed by atoms with E-state index in [0.29, 0.717) is 10.9 Å². The molecule has 4 rings (SSSR count). The third-order valence-corrected chi connectivity index (χ3v) is 6.53. The molecular formula is C25H29N3O2. The van der Waals surface area contributed by atoms with Gasteiger partial charge in [0.2, 0.25) is 0 Å². The highest BCUT2D eigenvalue weighted by Gasteiger charge is 2.36. The number of aromatic nitrogens is 1. The number of aryl methyl sites for hydroxylation is 1. The molecule has 0 bridgehead atoms. The Bertz CT molecular complexity index is 1150. The van der Waals surface area contributed by atoms with E-state index < -0.39 is 0 Å². The van der Waals surface area contributed by atoms with Crippen molar-refractivity contribution in [3.63, 3.8) is 0 Å². The summed E-state index contributed by atoms with van der Waals surface area (Å²) in [5.74, 6) is 0.0298. The molecule has 0 saturated carbocycles. The molecule has 1 aliphatic rings. The Balaban J connectivity index is 1.62. The lowest BCUT2D eigenvalue weighted by Gasteiger charge is -2.45. The van der Waals surface area contributed by atoms with E-state index >= 15 is 0 Å². The monoisotopic (exact) mass is 403 g/mol. The molecule has 3 aromatic rings. The SMILES string of the molecule is Cc1cccc2c(=O)[nH]c(-c3ccc(C(=O)N(C)C4(C)CCCN(C)C4)cc3)cc12. The lowest BCUT2D eigenvalue weighted by atomic mass is 9.89. The van der Waals surface area contributed by atoms with Gasteiger partial charge in [0.05, 0.1) is 5.54 Å². The van der Waals surface area contributed by atoms with Crippen LogP contribution >= 0.6 is 0 Å². The minimum absolute atomic E-state index is 0.0298. The fraction of sp³-hybridized carbons (Fsp3) is 0.360. The molecule has 0 aliphatic carbocycles. The number of likely N-dealkylation sites (N-methyl/N-ethyl adjacent to an activating group) is 2. The van der Waals surface area contributed by atoms with E-state index in [9.17, 15) is 9.59 Å². The number of likely N-dealkylation sites (tertiary alicyclic amines) is 1. The van der Waals surface area contributed by atoms with Crippen molar-refractivity contribution in [1.29, 1.82) is 0 Å². The van der Waals surface area contributed by atoms with Crippen LogP contribution in [-0.2, 0) is 0 Å². The Morgan fingerprint density at radius 1 is 1.13 bits per heavy atom. The summed E-state index contributed by atoms with van der Waals surface area (Å²) in [6.45, 7) is 6.13. The zero-order chi connectivity index (χ0) is 21.5. The van der Waals surface area contributed by atoms with E-state index in [1.54, 1.807) is 0 Å². The summed E-state index contributed by atoms with van der Waals surface area (Å²) in [5.41, 5.74) is 3.12. The minimum Gasteiger partial charge on any atom is -0.335 e. The van der Waals surface area contributed by atoms with Crippen LogP contribution in [0.4, 0.5) is 0 Å². The first-order chi connectivity index (χ1) is 14.3. The van der Waals surface area contributed by atoms with Gasteiger partial charge >= 0.3 is 0 Å². The van der Waals surface area contributed by atoms with Gasteiger partial charge in [0, 0.05) is 30.2 Å². The summed E-state index contributed by atoms with van der Waals surface area (Å²) >= 11 is 0. The lowest BCUT2D eigenvalue weighted by molar-refractivity contribution is 0.0368. The molecule has 1 atom stereocenters. The molecule has 1 N–H and O–H groups in total. The minimum atomic E-state index is -0.163. The van der Waals surface area contributed by atoms with Gasteiger partial charge in [-0.15, -0.1) is 0 Å². The molecule has 30 heavy (non-hydrogen) atoms. The van der Waals surface area contributed by atoms with Crippen molar-refractivity contribution in [3.05, 3.63) is 70.0 Å². The molecule has 0 radical (unpaired) electrons. The van der Waals surface area contributed by atoms with Gasteiger partial charge < -0.3 is 14.8 Å². The van der Waals surface area contributed by atoms with Crippen molar-refractivity contribution in [2.45, 2.75) is 32.2 Å². The van der Waals surface area contributed by atoms with Crippen LogP contribution in [0.25, 0.3) is 22.0 Å². The third kappa shape index (κ3) is 3.65. The molecule has 2 aromatic carbocycles. The normalized spacial score (nSPS) is 19.7. The van der Waals surface area contributed by atoms with E-state index in [1.807, 2.05) is 67.4 Å². The fourth-order valence-electron chi connectivity index (χ4n) is 4.57. The molecule has 0 spiro atoms. The number of benzene rings is 2. The Hall–Kier alpha value is -2.92. The maximum absolute atomic E-state index is 13.1. The molecule has 5 nitrogen and oxygen atoms in total. The van der Waals surface area contributed by atoms with Gasteiger partial charge in [-0.1, -0.05) is 24.3 Å². The maximum atomic E-state index is 13.1. The summed E-state index contributed by atoms with van der Waals surface area (Å²) in [6, 6.07) is 15.3. The van der Waals surface area contributed by atoms with E-state index in [4.69, 9.17) is 0 Å². The van der Waals surface area contributed by atoms with Crippen molar-refractivity contribution < 1.29 is 4.79 Å². The van der Waals surface area contributed by atoms with Crippen molar-refractivity contribution in [1.82, 2.24) is 14.8 Å². The Morgan fingerprint density at radius 2 is 1.87 bits per heavy atom. The number of aromatic amines is 1. The van der Waals surface area contributed by atoms with Crippen molar-refractivity contribution >= 4 is 16.7 Å². The predicted octanol–water partition coefficient (Wildman–Crippen LogP) is 4.06. The van der Waals surface area contributed by atoms with Crippen molar-refractivity contribution in [2.75, 3.05) is 27.2 Å². The van der Waals surface area contributed by atoms with E-state index in [0.717, 1.165) is 48.1 Å². The number of pyridine rings is 1. The standard InChI is InChI=1S/C25H29N3O2/c1-17-7-5-8-20-21(17)15-22(26-23(20)29)18-9-11-19(12-10-18)24(30)28(4)25(2)13-6-14-27(3)16-25/h5,7-12,15H,6,13-14,16H2,1-4H3,(H,26,29). The van der Waals surface area contributed by atoms with Gasteiger partial charge in [-0.05, 0) is 81.1 Å². The van der Waals surface area contributed by atoms with Crippen LogP contribution in [0.1, 0.15) is 35.7 Å². The molecule has 156 valence electrons. The largest absolute Gasteiger partial charge is 0.335 e. The number of amides is 1. The number of nitrogens with one attached hydrogen (secondary N) is 1. The third-order valence-electron chi connectivity index (χ3n) is 6.53. The molecule has 1 aromatic heterocycles. The molecule has 1 fully saturated rings. The van der Waals surface area contributed by atoms with Crippen LogP contribution in [0.15, 0.2) is 53.3 Å². The molecule has 1 aliphatic heterocycles. The van der Waals surface area contributed by atoms with Gasteiger partial charge in [-0.25, -0.2) is 0 Å². The van der Waals surface area contributed by atoms with Crippen LogP contribution < -0.4 is 5.56 Å². The molecule has 2 heterocycles. The number of hydrogen-bond acceptors (Lipinski definition) is 3. The summed E-state index contributed by atoms with van der Waals surface area (Å²) < 4.78 is 0. The first kappa shape index (κ1) is 20.4. The summed E-state index contributed by atoms with van der Waals surface area (Å²) in [6.07, 6.45) is 2.10. The fourth-order valence-corrected chi connectivity index (χ4v) is 4.57. The van der Waals surface area contributed by atoms with Gasteiger partial charge in [-0.3, -0.25) is 9.59 Å². The number of fused-ring (bicyclic) bond motifs is 1. The first-order valence-corrected chi connectivity index (χ1v) is 10.5. The molecule has 1 saturated heterocycles. The predicted molar refractivity (Wildman–Crippen MR) is 122 cm³/mol. The number of carbonyl (C=O) groups excluding carboxylic acids is 1. The van der Waals surface area contributed by atoms with Crippen LogP contribution in [0, 0.1) is 6.92 Å². The van der Waals surface area contributed by atoms with Crippen molar-refractivity contribution in [2.24, 2.45) is 0 Å². The second-order valence-corrected chi connectivity index (χ2v) is 8.83. The molecule has 1 unspecified atom stereocenters. The van der Waals surface area contributed by atoms with Gasteiger partial charge in [0.15, 0.2) is 0 Å². The quantitative estimate of drug-likeness (QED) is 0.718. The average Bonchev–Trinajstić information content (AvgIpc) is 2.73. The van der Waals surface area contributed by atoms with Gasteiger partial charge in [0.1, 0.15) is 0 Å². The van der Waals surface area contributed by atoms with Crippen LogP contribution in [0.5, 0.6) is 0 Å². The topological polar surface area (TPSA) is 56.4 Å². The molecular weight excluding hydrogens is 374 g/mol. The highest BCUT2D eigenvalue weighted by molar-refractivity contribution is 5.95. The maximum Gasteiger partial charge on any atom is 0.256 e. The number of hydrogen-bond donors (Lipinski definition) is 1. The van der Waals surface area contributed by atoms with Crippen molar-refractivity contribution in [3.8, 4) is 11.3 Å². The lowest BCUT2D eigenvalue weighted by Crippen LogP contribution is -2.56. The van der Waals surface area contributed by atoms with E-state index in [-0.39, 0.29) is 17.0 Å². The Labute approximate surface area is 177 Å². The number of carbonyl (C=O) groups is 1. The first-order valence-electron chi connectivity index (χ1n) is 10.5. The van der Waals surface area contributed by atoms with Gasteiger partial charge in [-0.2, -0.15) is 0 Å². The summed E-state index contributed by atoms with van der Waals surface area (Å²) in [4.78, 5) is 32.8. The number of H-pyrrole nitrogens is 1. The highest BCUT2D eigenvalue weighted by atomic mass is 16.2. The Morgan fingerprint density at radius 3 is 2.57 bits per heavy atom. The smallest absolute Gasteiger partial charge is 0.256 e. The van der Waals surface area contributed by atoms with Crippen LogP contribution in [0.2, 0.25) is 0 Å². The van der Waals surface area contributed by atoms with Crippen LogP contribution in [0.3, 0.4) is 0 Å². The number of nitrogens with zero attached hydrogens (tertiary/aromatic N) is 2. The van der Waals surface area contributed by atoms with E-state index in [1.165, 1.54) is 0 Å². The summed E-state index contributed by atoms with van der Waals surface area (Å²) in [7, 11) is 4.01. The summed E-state index contributed by atoms with van der Waals surface area (Å²) in [5, 5.41) is 1.64.